The number of rotatable bonds is 4. The maximum absolute atomic E-state index is 13.6. The van der Waals surface area contributed by atoms with Crippen molar-refractivity contribution in [3.8, 4) is 11.8 Å². The lowest BCUT2D eigenvalue weighted by Crippen LogP contribution is -2.02. The third-order valence-corrected chi connectivity index (χ3v) is 2.90. The van der Waals surface area contributed by atoms with E-state index in [-0.39, 0.29) is 11.1 Å². The molecule has 4 heteroatoms. The fourth-order valence-electron chi connectivity index (χ4n) is 1.82. The summed E-state index contributed by atoms with van der Waals surface area (Å²) in [5, 5.41) is 9.14. The highest BCUT2D eigenvalue weighted by Crippen LogP contribution is 2.18. The van der Waals surface area contributed by atoms with Gasteiger partial charge in [0, 0.05) is 11.1 Å². The Morgan fingerprint density at radius 2 is 2.00 bits per heavy atom. The van der Waals surface area contributed by atoms with Crippen molar-refractivity contribution in [2.45, 2.75) is 0 Å². The number of hydrogen-bond donors (Lipinski definition) is 0. The van der Waals surface area contributed by atoms with Crippen molar-refractivity contribution in [2.75, 3.05) is 7.11 Å². The highest BCUT2D eigenvalue weighted by Gasteiger charge is 2.13. The van der Waals surface area contributed by atoms with Gasteiger partial charge < -0.3 is 4.74 Å². The van der Waals surface area contributed by atoms with Crippen LogP contribution in [0.15, 0.2) is 54.1 Å². The third kappa shape index (κ3) is 3.34. The van der Waals surface area contributed by atoms with Gasteiger partial charge in [0.25, 0.3) is 0 Å². The number of allylic oxidation sites excluding steroid dienone is 1. The molecule has 3 nitrogen and oxygen atoms in total. The number of ether oxygens (including phenoxy) is 1. The Bertz CT molecular complexity index is 744. The van der Waals surface area contributed by atoms with Crippen molar-refractivity contribution in [3.63, 3.8) is 0 Å². The lowest BCUT2D eigenvalue weighted by molar-refractivity contribution is 0.103. The van der Waals surface area contributed by atoms with Crippen molar-refractivity contribution in [3.05, 3.63) is 71.0 Å². The second-order valence-electron chi connectivity index (χ2n) is 4.25. The van der Waals surface area contributed by atoms with Crippen molar-refractivity contribution in [1.82, 2.24) is 0 Å². The molecule has 0 unspecified atom stereocenters. The van der Waals surface area contributed by atoms with E-state index in [4.69, 9.17) is 10.00 Å². The first-order valence-electron chi connectivity index (χ1n) is 6.21. The predicted molar refractivity (Wildman–Crippen MR) is 77.3 cm³/mol. The Labute approximate surface area is 121 Å². The fourth-order valence-corrected chi connectivity index (χ4v) is 1.82. The summed E-state index contributed by atoms with van der Waals surface area (Å²) in [7, 11) is 1.49. The smallest absolute Gasteiger partial charge is 0.203 e. The van der Waals surface area contributed by atoms with Crippen LogP contribution in [0.5, 0.6) is 5.75 Å². The van der Waals surface area contributed by atoms with Gasteiger partial charge in [0.1, 0.15) is 23.2 Å². The average Bonchev–Trinajstić information content (AvgIpc) is 2.53. The topological polar surface area (TPSA) is 50.1 Å². The first kappa shape index (κ1) is 14.5. The summed E-state index contributed by atoms with van der Waals surface area (Å²) in [4.78, 5) is 12.3. The van der Waals surface area contributed by atoms with Crippen LogP contribution in [0, 0.1) is 17.1 Å². The van der Waals surface area contributed by atoms with Crippen LogP contribution >= 0.6 is 0 Å². The van der Waals surface area contributed by atoms with Crippen LogP contribution in [0.2, 0.25) is 0 Å². The molecule has 0 aliphatic carbocycles. The van der Waals surface area contributed by atoms with Gasteiger partial charge in [-0.2, -0.15) is 5.26 Å². The zero-order chi connectivity index (χ0) is 15.2. The molecule has 2 aromatic rings. The molecule has 2 rings (SSSR count). The maximum Gasteiger partial charge on any atom is 0.203 e. The summed E-state index contributed by atoms with van der Waals surface area (Å²) < 4.78 is 18.6. The number of halogens is 1. The maximum atomic E-state index is 13.6. The Morgan fingerprint density at radius 1 is 1.24 bits per heavy atom. The van der Waals surface area contributed by atoms with Gasteiger partial charge in [-0.15, -0.1) is 0 Å². The van der Waals surface area contributed by atoms with Gasteiger partial charge >= 0.3 is 0 Å². The summed E-state index contributed by atoms with van der Waals surface area (Å²) in [6, 6.07) is 14.3. The van der Waals surface area contributed by atoms with Crippen LogP contribution in [0.1, 0.15) is 15.9 Å². The summed E-state index contributed by atoms with van der Waals surface area (Å²) in [6.45, 7) is 0. The molecule has 0 aliphatic heterocycles. The highest BCUT2D eigenvalue weighted by atomic mass is 19.1. The van der Waals surface area contributed by atoms with Crippen LogP contribution in [0.3, 0.4) is 0 Å². The summed E-state index contributed by atoms with van der Waals surface area (Å²) >= 11 is 0. The molecule has 0 radical (unpaired) electrons. The Hall–Kier alpha value is -2.93. The largest absolute Gasteiger partial charge is 0.497 e. The van der Waals surface area contributed by atoms with E-state index in [0.29, 0.717) is 11.3 Å². The molecule has 0 bridgehead atoms. The van der Waals surface area contributed by atoms with Crippen LogP contribution < -0.4 is 4.74 Å². The van der Waals surface area contributed by atoms with Crippen molar-refractivity contribution in [2.24, 2.45) is 0 Å². The van der Waals surface area contributed by atoms with Gasteiger partial charge in [0.2, 0.25) is 5.78 Å². The van der Waals surface area contributed by atoms with E-state index in [9.17, 15) is 9.18 Å². The van der Waals surface area contributed by atoms with E-state index in [1.54, 1.807) is 30.3 Å². The van der Waals surface area contributed by atoms with E-state index in [1.165, 1.54) is 31.4 Å². The second kappa shape index (κ2) is 6.49. The zero-order valence-electron chi connectivity index (χ0n) is 11.3. The van der Waals surface area contributed by atoms with Crippen molar-refractivity contribution >= 4 is 11.9 Å². The summed E-state index contributed by atoms with van der Waals surface area (Å²) in [5.74, 6) is -0.438. The molecule has 0 saturated carbocycles. The Morgan fingerprint density at radius 3 is 2.67 bits per heavy atom. The van der Waals surface area contributed by atoms with E-state index < -0.39 is 11.6 Å². The normalized spacial score (nSPS) is 10.8. The lowest BCUT2D eigenvalue weighted by Gasteiger charge is -2.03. The molecule has 0 heterocycles. The fraction of sp³-hybridized carbons (Fsp3) is 0.0588. The van der Waals surface area contributed by atoms with Gasteiger partial charge in [-0.25, -0.2) is 4.39 Å². The predicted octanol–water partition coefficient (Wildman–Crippen LogP) is 3.62. The van der Waals surface area contributed by atoms with Gasteiger partial charge in [-0.3, -0.25) is 4.79 Å². The first-order valence-corrected chi connectivity index (χ1v) is 6.21. The molecule has 2 aromatic carbocycles. The minimum atomic E-state index is -0.483. The number of nitrogens with zero attached hydrogens (tertiary/aromatic N) is 1. The number of methoxy groups -OCH3 is 1. The third-order valence-electron chi connectivity index (χ3n) is 2.90. The number of Topliss-reactive ketones (excluding diaryl/α,β-unsaturated/α-hetero) is 1. The quantitative estimate of drug-likeness (QED) is 0.488. The first-order chi connectivity index (χ1) is 10.2. The molecule has 104 valence electrons. The zero-order valence-corrected chi connectivity index (χ0v) is 11.3. The molecule has 0 amide bonds. The van der Waals surface area contributed by atoms with Crippen LogP contribution in [-0.4, -0.2) is 12.9 Å². The van der Waals surface area contributed by atoms with E-state index >= 15 is 0 Å². The molecule has 0 saturated heterocycles. The molecule has 0 fully saturated rings. The van der Waals surface area contributed by atoms with Gasteiger partial charge in [-0.1, -0.05) is 30.3 Å². The van der Waals surface area contributed by atoms with Crippen LogP contribution in [0.25, 0.3) is 6.08 Å². The van der Waals surface area contributed by atoms with E-state index in [0.717, 1.165) is 0 Å². The molecule has 21 heavy (non-hydrogen) atoms. The number of ketones is 1. The van der Waals surface area contributed by atoms with Gasteiger partial charge in [0.15, 0.2) is 0 Å². The summed E-state index contributed by atoms with van der Waals surface area (Å²) in [6.07, 6.45) is 1.25. The van der Waals surface area contributed by atoms with Gasteiger partial charge in [-0.05, 0) is 24.3 Å². The van der Waals surface area contributed by atoms with E-state index in [2.05, 4.69) is 0 Å². The second-order valence-corrected chi connectivity index (χ2v) is 4.25. The minimum Gasteiger partial charge on any atom is -0.497 e. The number of carbonyl (C=O) groups is 1. The molecular formula is C17H12FNO2. The molecule has 0 N–H and O–H groups in total. The van der Waals surface area contributed by atoms with Crippen LogP contribution in [0.4, 0.5) is 4.39 Å². The summed E-state index contributed by atoms with van der Waals surface area (Å²) in [5.41, 5.74) is 0.386. The van der Waals surface area contributed by atoms with E-state index in [1.807, 2.05) is 6.07 Å². The molecule has 0 atom stereocenters. The van der Waals surface area contributed by atoms with Crippen LogP contribution in [-0.2, 0) is 0 Å². The average molecular weight is 281 g/mol. The molecule has 0 aliphatic rings. The highest BCUT2D eigenvalue weighted by molar-refractivity contribution is 6.14. The standard InChI is InChI=1S/C17H12FNO2/c1-21-15-7-4-6-13(10-15)17(20)14(11-19)9-12-5-2-3-8-16(12)18/h2-10H,1H3/b14-9+. The number of nitriles is 1. The minimum absolute atomic E-state index is 0.131. The monoisotopic (exact) mass is 281 g/mol. The van der Waals surface area contributed by atoms with Crippen molar-refractivity contribution < 1.29 is 13.9 Å². The van der Waals surface area contributed by atoms with Gasteiger partial charge in [0.05, 0.1) is 7.11 Å². The molecule has 0 aromatic heterocycles. The number of benzene rings is 2. The number of hydrogen-bond acceptors (Lipinski definition) is 3. The Kier molecular flexibility index (Phi) is 4.47. The van der Waals surface area contributed by atoms with Crippen molar-refractivity contribution in [1.29, 1.82) is 5.26 Å². The Balaban J connectivity index is 2.40. The molecular weight excluding hydrogens is 269 g/mol. The molecule has 0 spiro atoms. The SMILES string of the molecule is COc1cccc(C(=O)/C(C#N)=C/c2ccccc2F)c1. The number of carbonyl (C=O) groups excluding carboxylic acids is 1. The lowest BCUT2D eigenvalue weighted by atomic mass is 10.0.